The van der Waals surface area contributed by atoms with Crippen molar-refractivity contribution in [2.45, 2.75) is 0 Å². The highest BCUT2D eigenvalue weighted by molar-refractivity contribution is 7.80. The second-order valence-electron chi connectivity index (χ2n) is 7.61. The van der Waals surface area contributed by atoms with Gasteiger partial charge in [-0.3, -0.25) is 25.0 Å². The first-order valence-electron chi connectivity index (χ1n) is 10.6. The van der Waals surface area contributed by atoms with Crippen molar-refractivity contribution in [3.8, 4) is 0 Å². The number of hydrogen-bond acceptors (Lipinski definition) is 7. The van der Waals surface area contributed by atoms with E-state index >= 15 is 0 Å². The molecule has 0 radical (unpaired) electrons. The average Bonchev–Trinajstić information content (AvgIpc) is 3.39. The van der Waals surface area contributed by atoms with Crippen molar-refractivity contribution in [2.24, 2.45) is 0 Å². The summed E-state index contributed by atoms with van der Waals surface area (Å²) in [5.41, 5.74) is 0.984. The second kappa shape index (κ2) is 10.8. The summed E-state index contributed by atoms with van der Waals surface area (Å²) in [7, 11) is 0. The Balaban J connectivity index is 1.35. The molecule has 1 aliphatic rings. The van der Waals surface area contributed by atoms with Gasteiger partial charge in [-0.25, -0.2) is 0 Å². The topological polar surface area (TPSA) is 108 Å². The Labute approximate surface area is 215 Å². The number of nitro groups is 1. The molecule has 2 amide bonds. The monoisotopic (exact) mass is 529 g/mol. The number of amides is 2. The van der Waals surface area contributed by atoms with Gasteiger partial charge in [-0.05, 0) is 47.9 Å². The number of benzene rings is 2. The molecule has 9 nitrogen and oxygen atoms in total. The van der Waals surface area contributed by atoms with Crippen LogP contribution < -0.4 is 15.5 Å². The van der Waals surface area contributed by atoms with E-state index in [9.17, 15) is 19.7 Å². The summed E-state index contributed by atoms with van der Waals surface area (Å²) in [5.74, 6) is -0.644. The smallest absolute Gasteiger partial charge is 0.282 e. The number of thiocarbonyl (C=S) groups is 1. The number of anilines is 2. The van der Waals surface area contributed by atoms with Crippen LogP contribution in [0.5, 0.6) is 0 Å². The Morgan fingerprint density at radius 1 is 1.06 bits per heavy atom. The maximum atomic E-state index is 12.5. The summed E-state index contributed by atoms with van der Waals surface area (Å²) in [6, 6.07) is 14.6. The number of halogens is 1. The summed E-state index contributed by atoms with van der Waals surface area (Å²) < 4.78 is 0. The highest BCUT2D eigenvalue weighted by Gasteiger charge is 2.24. The van der Waals surface area contributed by atoms with Gasteiger partial charge in [0.1, 0.15) is 5.56 Å². The minimum atomic E-state index is -0.688. The third-order valence-electron chi connectivity index (χ3n) is 5.42. The molecule has 1 saturated heterocycles. The van der Waals surface area contributed by atoms with Crippen LogP contribution in [0.3, 0.4) is 0 Å². The van der Waals surface area contributed by atoms with Crippen molar-refractivity contribution >= 4 is 69.1 Å². The van der Waals surface area contributed by atoms with Crippen molar-refractivity contribution in [3.63, 3.8) is 0 Å². The fourth-order valence-electron chi connectivity index (χ4n) is 3.71. The minimum Gasteiger partial charge on any atom is -0.367 e. The molecule has 2 N–H and O–H groups in total. The Morgan fingerprint density at radius 3 is 2.46 bits per heavy atom. The van der Waals surface area contributed by atoms with E-state index in [4.69, 9.17) is 23.8 Å². The third-order valence-corrected chi connectivity index (χ3v) is 6.78. The second-order valence-corrected chi connectivity index (χ2v) is 9.37. The molecular weight excluding hydrogens is 510 g/mol. The Kier molecular flexibility index (Phi) is 7.59. The number of carbonyl (C=O) groups excluding carboxylic acids is 2. The van der Waals surface area contributed by atoms with Gasteiger partial charge in [0.2, 0.25) is 0 Å². The van der Waals surface area contributed by atoms with Gasteiger partial charge < -0.3 is 15.1 Å². The largest absolute Gasteiger partial charge is 0.367 e. The predicted molar refractivity (Wildman–Crippen MR) is 141 cm³/mol. The van der Waals surface area contributed by atoms with E-state index in [0.717, 1.165) is 10.6 Å². The van der Waals surface area contributed by atoms with Crippen molar-refractivity contribution in [2.75, 3.05) is 36.4 Å². The number of nitro benzene ring substituents is 1. The predicted octanol–water partition coefficient (Wildman–Crippen LogP) is 4.40. The fourth-order valence-corrected chi connectivity index (χ4v) is 4.91. The van der Waals surface area contributed by atoms with Crippen LogP contribution in [0.25, 0.3) is 0 Å². The summed E-state index contributed by atoms with van der Waals surface area (Å²) in [5, 5.41) is 18.8. The van der Waals surface area contributed by atoms with Crippen LogP contribution >= 0.6 is 35.2 Å². The van der Waals surface area contributed by atoms with Gasteiger partial charge in [-0.2, -0.15) is 0 Å². The first-order valence-corrected chi connectivity index (χ1v) is 12.2. The summed E-state index contributed by atoms with van der Waals surface area (Å²) in [4.78, 5) is 40.2. The highest BCUT2D eigenvalue weighted by Crippen LogP contribution is 2.30. The lowest BCUT2D eigenvalue weighted by Crippen LogP contribution is -2.48. The molecule has 180 valence electrons. The standard InChI is InChI=1S/C23H20ClN5O4S2/c24-17-14-15(25-23(34)26-21(30)16-4-1-2-5-18(16)29(32)33)7-8-19(17)27-9-11-28(12-10-27)22(31)20-6-3-13-35-20/h1-8,13-14H,9-12H2,(H2,25,26,30,34). The lowest BCUT2D eigenvalue weighted by atomic mass is 10.1. The molecule has 1 aliphatic heterocycles. The van der Waals surface area contributed by atoms with Crippen molar-refractivity contribution < 1.29 is 14.5 Å². The maximum Gasteiger partial charge on any atom is 0.282 e. The van der Waals surface area contributed by atoms with Crippen LogP contribution in [0.2, 0.25) is 5.02 Å². The van der Waals surface area contributed by atoms with E-state index in [0.29, 0.717) is 36.9 Å². The number of rotatable bonds is 5. The van der Waals surface area contributed by atoms with Gasteiger partial charge in [0, 0.05) is 37.9 Å². The Hall–Kier alpha value is -3.54. The van der Waals surface area contributed by atoms with E-state index in [1.165, 1.54) is 35.6 Å². The quantitative estimate of drug-likeness (QED) is 0.286. The lowest BCUT2D eigenvalue weighted by Gasteiger charge is -2.36. The SMILES string of the molecule is O=C(NC(=S)Nc1ccc(N2CCN(C(=O)c3cccs3)CC2)c(Cl)c1)c1ccccc1[N+](=O)[O-]. The molecular formula is C23H20ClN5O4S2. The number of nitrogens with zero attached hydrogens (tertiary/aromatic N) is 3. The summed E-state index contributed by atoms with van der Waals surface area (Å²) in [6.45, 7) is 2.48. The molecule has 35 heavy (non-hydrogen) atoms. The van der Waals surface area contributed by atoms with Crippen LogP contribution in [0, 0.1) is 10.1 Å². The van der Waals surface area contributed by atoms with Crippen LogP contribution in [0.1, 0.15) is 20.0 Å². The van der Waals surface area contributed by atoms with E-state index < -0.39 is 10.8 Å². The number of piperazine rings is 1. The first-order chi connectivity index (χ1) is 16.8. The average molecular weight is 530 g/mol. The van der Waals surface area contributed by atoms with E-state index in [1.54, 1.807) is 12.1 Å². The minimum absolute atomic E-state index is 0.0160. The molecule has 0 saturated carbocycles. The van der Waals surface area contributed by atoms with Crippen molar-refractivity contribution in [1.82, 2.24) is 10.2 Å². The number of carbonyl (C=O) groups is 2. The molecule has 3 aromatic rings. The molecule has 0 atom stereocenters. The molecule has 1 fully saturated rings. The zero-order valence-corrected chi connectivity index (χ0v) is 20.7. The van der Waals surface area contributed by atoms with E-state index in [-0.39, 0.29) is 22.3 Å². The third kappa shape index (κ3) is 5.76. The number of para-hydroxylation sites is 1. The van der Waals surface area contributed by atoms with Gasteiger partial charge in [0.15, 0.2) is 5.11 Å². The molecule has 0 unspecified atom stereocenters. The normalized spacial score (nSPS) is 13.3. The summed E-state index contributed by atoms with van der Waals surface area (Å²) in [6.07, 6.45) is 0. The molecule has 0 spiro atoms. The molecule has 1 aromatic heterocycles. The van der Waals surface area contributed by atoms with Gasteiger partial charge in [-0.15, -0.1) is 11.3 Å². The van der Waals surface area contributed by atoms with Crippen LogP contribution in [-0.2, 0) is 0 Å². The number of thiophene rings is 1. The molecule has 12 heteroatoms. The zero-order chi connectivity index (χ0) is 24.9. The van der Waals surface area contributed by atoms with Gasteiger partial charge in [0.05, 0.1) is 20.5 Å². The Morgan fingerprint density at radius 2 is 1.80 bits per heavy atom. The van der Waals surface area contributed by atoms with Gasteiger partial charge in [0.25, 0.3) is 17.5 Å². The maximum absolute atomic E-state index is 12.5. The van der Waals surface area contributed by atoms with E-state index in [2.05, 4.69) is 15.5 Å². The van der Waals surface area contributed by atoms with E-state index in [1.807, 2.05) is 28.5 Å². The molecule has 0 aliphatic carbocycles. The number of hydrogen-bond donors (Lipinski definition) is 2. The fraction of sp³-hybridized carbons (Fsp3) is 0.174. The zero-order valence-electron chi connectivity index (χ0n) is 18.3. The molecule has 4 rings (SSSR count). The van der Waals surface area contributed by atoms with Gasteiger partial charge in [-0.1, -0.05) is 29.8 Å². The molecule has 2 aromatic carbocycles. The summed E-state index contributed by atoms with van der Waals surface area (Å²) >= 11 is 13.1. The first kappa shape index (κ1) is 24.6. The van der Waals surface area contributed by atoms with Crippen molar-refractivity contribution in [1.29, 1.82) is 0 Å². The van der Waals surface area contributed by atoms with Crippen LogP contribution in [0.4, 0.5) is 17.1 Å². The van der Waals surface area contributed by atoms with Crippen LogP contribution in [-0.4, -0.2) is 52.9 Å². The lowest BCUT2D eigenvalue weighted by molar-refractivity contribution is -0.385. The van der Waals surface area contributed by atoms with Crippen molar-refractivity contribution in [3.05, 3.63) is 85.6 Å². The molecule has 2 heterocycles. The number of nitrogens with one attached hydrogen (secondary N) is 2. The Bertz CT molecular complexity index is 1280. The molecule has 0 bridgehead atoms. The van der Waals surface area contributed by atoms with Gasteiger partial charge >= 0.3 is 0 Å². The highest BCUT2D eigenvalue weighted by atomic mass is 35.5. The van der Waals surface area contributed by atoms with Crippen LogP contribution in [0.15, 0.2) is 60.0 Å².